The first kappa shape index (κ1) is 17.4. The SMILES string of the molecule is O=C(Nc1ccc(SCc2cccc(Cl)c2)nn1)c1cccc(F)c1. The van der Waals surface area contributed by atoms with Gasteiger partial charge in [-0.2, -0.15) is 0 Å². The zero-order valence-electron chi connectivity index (χ0n) is 12.9. The molecule has 2 aromatic carbocycles. The average molecular weight is 374 g/mol. The smallest absolute Gasteiger partial charge is 0.256 e. The molecule has 1 amide bonds. The molecule has 0 fully saturated rings. The number of halogens is 2. The Bertz CT molecular complexity index is 889. The van der Waals surface area contributed by atoms with Crippen molar-refractivity contribution in [1.29, 1.82) is 0 Å². The number of hydrogen-bond acceptors (Lipinski definition) is 4. The molecule has 1 heterocycles. The summed E-state index contributed by atoms with van der Waals surface area (Å²) in [6, 6.07) is 16.5. The van der Waals surface area contributed by atoms with Gasteiger partial charge in [0.05, 0.1) is 0 Å². The minimum atomic E-state index is -0.466. The maximum absolute atomic E-state index is 13.1. The van der Waals surface area contributed by atoms with Crippen LogP contribution in [0.25, 0.3) is 0 Å². The molecule has 0 aliphatic heterocycles. The highest BCUT2D eigenvalue weighted by atomic mass is 35.5. The second-order valence-corrected chi connectivity index (χ2v) is 6.57. The second kappa shape index (κ2) is 8.09. The summed E-state index contributed by atoms with van der Waals surface area (Å²) in [6.45, 7) is 0. The van der Waals surface area contributed by atoms with E-state index in [0.717, 1.165) is 16.7 Å². The molecule has 0 spiro atoms. The molecule has 0 bridgehead atoms. The number of benzene rings is 2. The van der Waals surface area contributed by atoms with Gasteiger partial charge < -0.3 is 5.32 Å². The first-order valence-corrected chi connectivity index (χ1v) is 8.74. The Hall–Kier alpha value is -2.44. The molecular weight excluding hydrogens is 361 g/mol. The van der Waals surface area contributed by atoms with Gasteiger partial charge in [0.1, 0.15) is 10.8 Å². The minimum Gasteiger partial charge on any atom is -0.305 e. The molecule has 3 rings (SSSR count). The van der Waals surface area contributed by atoms with Crippen LogP contribution in [0.5, 0.6) is 0 Å². The molecule has 1 aromatic heterocycles. The average Bonchev–Trinajstić information content (AvgIpc) is 2.61. The Morgan fingerprint density at radius 1 is 1.08 bits per heavy atom. The van der Waals surface area contributed by atoms with Crippen LogP contribution >= 0.6 is 23.4 Å². The molecule has 0 saturated carbocycles. The van der Waals surface area contributed by atoms with Gasteiger partial charge in [-0.3, -0.25) is 4.79 Å². The number of hydrogen-bond donors (Lipinski definition) is 1. The summed E-state index contributed by atoms with van der Waals surface area (Å²) < 4.78 is 13.1. The Morgan fingerprint density at radius 2 is 1.92 bits per heavy atom. The van der Waals surface area contributed by atoms with E-state index in [9.17, 15) is 9.18 Å². The van der Waals surface area contributed by atoms with Gasteiger partial charge in [-0.05, 0) is 48.0 Å². The summed E-state index contributed by atoms with van der Waals surface area (Å²) in [5.74, 6) is 0.116. The number of carbonyl (C=O) groups excluding carboxylic acids is 1. The summed E-state index contributed by atoms with van der Waals surface area (Å²) in [7, 11) is 0. The topological polar surface area (TPSA) is 54.9 Å². The monoisotopic (exact) mass is 373 g/mol. The van der Waals surface area contributed by atoms with Crippen molar-refractivity contribution in [1.82, 2.24) is 10.2 Å². The van der Waals surface area contributed by atoms with E-state index in [2.05, 4.69) is 15.5 Å². The van der Waals surface area contributed by atoms with Crippen LogP contribution in [0.1, 0.15) is 15.9 Å². The van der Waals surface area contributed by atoms with E-state index in [1.54, 1.807) is 12.1 Å². The first-order valence-electron chi connectivity index (χ1n) is 7.38. The zero-order chi connectivity index (χ0) is 17.6. The molecule has 3 aromatic rings. The third-order valence-corrected chi connectivity index (χ3v) is 4.47. The van der Waals surface area contributed by atoms with Crippen molar-refractivity contribution >= 4 is 35.1 Å². The van der Waals surface area contributed by atoms with Crippen molar-refractivity contribution in [2.45, 2.75) is 10.8 Å². The van der Waals surface area contributed by atoms with Gasteiger partial charge in [0.25, 0.3) is 5.91 Å². The molecule has 0 saturated heterocycles. The van der Waals surface area contributed by atoms with E-state index in [1.807, 2.05) is 24.3 Å². The summed E-state index contributed by atoms with van der Waals surface area (Å²) >= 11 is 7.47. The zero-order valence-corrected chi connectivity index (χ0v) is 14.5. The molecule has 0 radical (unpaired) electrons. The number of amides is 1. The normalized spacial score (nSPS) is 10.5. The number of nitrogens with zero attached hydrogens (tertiary/aromatic N) is 2. The van der Waals surface area contributed by atoms with Crippen LogP contribution in [0.3, 0.4) is 0 Å². The molecule has 25 heavy (non-hydrogen) atoms. The Morgan fingerprint density at radius 3 is 2.64 bits per heavy atom. The minimum absolute atomic E-state index is 0.223. The van der Waals surface area contributed by atoms with Crippen molar-refractivity contribution < 1.29 is 9.18 Å². The second-order valence-electron chi connectivity index (χ2n) is 5.14. The first-order chi connectivity index (χ1) is 12.1. The highest BCUT2D eigenvalue weighted by Crippen LogP contribution is 2.22. The lowest BCUT2D eigenvalue weighted by Gasteiger charge is -2.05. The maximum atomic E-state index is 13.1. The van der Waals surface area contributed by atoms with Gasteiger partial charge in [0, 0.05) is 16.3 Å². The number of rotatable bonds is 5. The van der Waals surface area contributed by atoms with Crippen LogP contribution in [0.2, 0.25) is 5.02 Å². The molecule has 1 N–H and O–H groups in total. The molecule has 7 heteroatoms. The van der Waals surface area contributed by atoms with Gasteiger partial charge in [0.2, 0.25) is 0 Å². The number of nitrogens with one attached hydrogen (secondary N) is 1. The van der Waals surface area contributed by atoms with Gasteiger partial charge in [0.15, 0.2) is 5.82 Å². The van der Waals surface area contributed by atoms with Crippen molar-refractivity contribution in [3.63, 3.8) is 0 Å². The molecule has 0 aliphatic rings. The number of thioether (sulfide) groups is 1. The van der Waals surface area contributed by atoms with Gasteiger partial charge in [-0.15, -0.1) is 10.2 Å². The predicted octanol–water partition coefficient (Wildman–Crippen LogP) is 4.81. The van der Waals surface area contributed by atoms with Crippen LogP contribution in [0.15, 0.2) is 65.7 Å². The molecule has 0 atom stereocenters. The molecule has 4 nitrogen and oxygen atoms in total. The van der Waals surface area contributed by atoms with Gasteiger partial charge in [-0.25, -0.2) is 4.39 Å². The lowest BCUT2D eigenvalue weighted by molar-refractivity contribution is 0.102. The van der Waals surface area contributed by atoms with Crippen molar-refractivity contribution in [2.24, 2.45) is 0 Å². The fourth-order valence-corrected chi connectivity index (χ4v) is 3.04. The summed E-state index contributed by atoms with van der Waals surface area (Å²) in [5, 5.41) is 12.1. The Kier molecular flexibility index (Phi) is 5.63. The van der Waals surface area contributed by atoms with Crippen LogP contribution in [0, 0.1) is 5.82 Å². The van der Waals surface area contributed by atoms with E-state index in [1.165, 1.54) is 30.0 Å². The largest absolute Gasteiger partial charge is 0.305 e. The summed E-state index contributed by atoms with van der Waals surface area (Å²) in [4.78, 5) is 12.0. The van der Waals surface area contributed by atoms with Crippen molar-refractivity contribution in [3.05, 3.63) is 82.6 Å². The highest BCUT2D eigenvalue weighted by molar-refractivity contribution is 7.98. The lowest BCUT2D eigenvalue weighted by Crippen LogP contribution is -2.13. The standard InChI is InChI=1S/C18H13ClFN3OS/c19-14-5-1-3-12(9-14)11-25-17-8-7-16(22-23-17)21-18(24)13-4-2-6-15(20)10-13/h1-10H,11H2,(H,21,22,24). The lowest BCUT2D eigenvalue weighted by atomic mass is 10.2. The fourth-order valence-electron chi connectivity index (χ4n) is 2.07. The predicted molar refractivity (Wildman–Crippen MR) is 97.4 cm³/mol. The van der Waals surface area contributed by atoms with E-state index in [0.29, 0.717) is 16.6 Å². The molecule has 126 valence electrons. The van der Waals surface area contributed by atoms with Crippen molar-refractivity contribution in [3.8, 4) is 0 Å². The Balaban J connectivity index is 1.59. The number of anilines is 1. The highest BCUT2D eigenvalue weighted by Gasteiger charge is 2.08. The maximum Gasteiger partial charge on any atom is 0.256 e. The number of aromatic nitrogens is 2. The molecule has 0 aliphatic carbocycles. The van der Waals surface area contributed by atoms with E-state index in [-0.39, 0.29) is 5.56 Å². The Labute approximate surface area is 153 Å². The van der Waals surface area contributed by atoms with E-state index < -0.39 is 11.7 Å². The number of carbonyl (C=O) groups is 1. The summed E-state index contributed by atoms with van der Waals surface area (Å²) in [5.41, 5.74) is 1.31. The van der Waals surface area contributed by atoms with Crippen LogP contribution < -0.4 is 5.32 Å². The van der Waals surface area contributed by atoms with Crippen LogP contribution in [0.4, 0.5) is 10.2 Å². The van der Waals surface area contributed by atoms with E-state index in [4.69, 9.17) is 11.6 Å². The van der Waals surface area contributed by atoms with E-state index >= 15 is 0 Å². The quantitative estimate of drug-likeness (QED) is 0.652. The molecular formula is C18H13ClFN3OS. The van der Waals surface area contributed by atoms with Crippen LogP contribution in [-0.4, -0.2) is 16.1 Å². The van der Waals surface area contributed by atoms with Crippen LogP contribution in [-0.2, 0) is 5.75 Å². The van der Waals surface area contributed by atoms with Gasteiger partial charge in [-0.1, -0.05) is 41.6 Å². The third kappa shape index (κ3) is 5.01. The fraction of sp³-hybridized carbons (Fsp3) is 0.0556. The third-order valence-electron chi connectivity index (χ3n) is 3.24. The van der Waals surface area contributed by atoms with Crippen molar-refractivity contribution in [2.75, 3.05) is 5.32 Å². The van der Waals surface area contributed by atoms with Gasteiger partial charge >= 0.3 is 0 Å². The molecule has 0 unspecified atom stereocenters. The summed E-state index contributed by atoms with van der Waals surface area (Å²) in [6.07, 6.45) is 0.